The number of hydrogen-bond acceptors (Lipinski definition) is 5. The zero-order valence-corrected chi connectivity index (χ0v) is 21.8. The molecule has 192 valence electrons. The lowest BCUT2D eigenvalue weighted by atomic mass is 9.68. The molecule has 0 fully saturated rings. The Morgan fingerprint density at radius 2 is 1.74 bits per heavy atom. The van der Waals surface area contributed by atoms with Crippen molar-refractivity contribution in [3.05, 3.63) is 108 Å². The predicted octanol–water partition coefficient (Wildman–Crippen LogP) is 4.65. The van der Waals surface area contributed by atoms with Crippen molar-refractivity contribution in [3.8, 4) is 0 Å². The summed E-state index contributed by atoms with van der Waals surface area (Å²) in [5.74, 6) is -1.19. The van der Waals surface area contributed by atoms with Gasteiger partial charge in [0.2, 0.25) is 5.91 Å². The second-order valence-corrected chi connectivity index (χ2v) is 10.0. The van der Waals surface area contributed by atoms with Gasteiger partial charge in [0, 0.05) is 38.0 Å². The number of aryl methyl sites for hydroxylation is 1. The lowest BCUT2D eigenvalue weighted by Gasteiger charge is -2.44. The van der Waals surface area contributed by atoms with Crippen LogP contribution < -0.4 is 5.73 Å². The first-order valence-corrected chi connectivity index (χ1v) is 12.6. The topological polar surface area (TPSA) is 93.6 Å². The molecule has 7 heteroatoms. The minimum Gasteiger partial charge on any atom is -0.369 e. The number of nitrogens with zero attached hydrogens (tertiary/aromatic N) is 4. The largest absolute Gasteiger partial charge is 0.369 e. The van der Waals surface area contributed by atoms with E-state index in [4.69, 9.17) is 10.7 Å². The van der Waals surface area contributed by atoms with Gasteiger partial charge in [-0.25, -0.2) is 4.99 Å². The summed E-state index contributed by atoms with van der Waals surface area (Å²) < 4.78 is 1.76. The molecule has 2 heterocycles. The molecule has 0 radical (unpaired) electrons. The molecule has 3 aromatic carbocycles. The van der Waals surface area contributed by atoms with Crippen LogP contribution in [-0.4, -0.2) is 39.4 Å². The van der Waals surface area contributed by atoms with Crippen molar-refractivity contribution < 1.29 is 9.59 Å². The fraction of sp³-hybridized carbons (Fsp3) is 0.226. The Balaban J connectivity index is 1.60. The molecular weight excluding hydrogens is 474 g/mol. The Morgan fingerprint density at radius 1 is 1.05 bits per heavy atom. The fourth-order valence-electron chi connectivity index (χ4n) is 5.37. The van der Waals surface area contributed by atoms with Gasteiger partial charge in [0.25, 0.3) is 0 Å². The number of allylic oxidation sites excluding steroid dienone is 1. The van der Waals surface area contributed by atoms with Gasteiger partial charge in [-0.15, -0.1) is 0 Å². The molecule has 0 saturated heterocycles. The highest BCUT2D eigenvalue weighted by Crippen LogP contribution is 2.47. The van der Waals surface area contributed by atoms with Crippen molar-refractivity contribution in [2.24, 2.45) is 23.7 Å². The molecule has 1 aromatic heterocycles. The molecule has 38 heavy (non-hydrogen) atoms. The first kappa shape index (κ1) is 25.1. The smallest absolute Gasteiger partial charge is 0.235 e. The van der Waals surface area contributed by atoms with Crippen molar-refractivity contribution >= 4 is 34.6 Å². The third kappa shape index (κ3) is 4.75. The van der Waals surface area contributed by atoms with Gasteiger partial charge < -0.3 is 5.73 Å². The molecule has 0 saturated carbocycles. The Kier molecular flexibility index (Phi) is 6.68. The van der Waals surface area contributed by atoms with Crippen molar-refractivity contribution in [2.45, 2.75) is 24.8 Å². The van der Waals surface area contributed by atoms with Crippen LogP contribution in [0.4, 0.5) is 0 Å². The zero-order chi connectivity index (χ0) is 26.9. The summed E-state index contributed by atoms with van der Waals surface area (Å²) in [5, 5.41) is 5.55. The second kappa shape index (κ2) is 10.1. The van der Waals surface area contributed by atoms with Crippen LogP contribution in [0.3, 0.4) is 0 Å². The van der Waals surface area contributed by atoms with Gasteiger partial charge in [-0.2, -0.15) is 5.10 Å². The molecule has 7 nitrogen and oxygen atoms in total. The molecule has 0 aliphatic carbocycles. The van der Waals surface area contributed by atoms with E-state index in [1.807, 2.05) is 105 Å². The Bertz CT molecular complexity index is 1540. The average Bonchev–Trinajstić information content (AvgIpc) is 3.30. The SMILES string of the molecule is CN1C(=O)[C@H](C(CC(=O)C=Cc2ccccc2)c2ccccc2)[C@@](C)(c2ccc3cn(C)nc3c2)N=C1N. The molecule has 0 spiro atoms. The number of rotatable bonds is 7. The summed E-state index contributed by atoms with van der Waals surface area (Å²) in [4.78, 5) is 33.6. The van der Waals surface area contributed by atoms with E-state index in [2.05, 4.69) is 5.10 Å². The highest BCUT2D eigenvalue weighted by molar-refractivity contribution is 6.01. The summed E-state index contributed by atoms with van der Waals surface area (Å²) in [6.07, 6.45) is 5.50. The number of aliphatic imine (C=N–C) groups is 1. The average molecular weight is 506 g/mol. The normalized spacial score (nSPS) is 20.6. The molecule has 2 N–H and O–H groups in total. The molecule has 4 aromatic rings. The summed E-state index contributed by atoms with van der Waals surface area (Å²) in [6.45, 7) is 1.93. The number of aromatic nitrogens is 2. The number of hydrogen-bond donors (Lipinski definition) is 1. The maximum Gasteiger partial charge on any atom is 0.235 e. The fourth-order valence-corrected chi connectivity index (χ4v) is 5.37. The minimum absolute atomic E-state index is 0.0665. The maximum absolute atomic E-state index is 14.0. The van der Waals surface area contributed by atoms with Crippen LogP contribution in [0.2, 0.25) is 0 Å². The number of carbonyl (C=O) groups is 2. The number of nitrogens with two attached hydrogens (primary N) is 1. The highest BCUT2D eigenvalue weighted by atomic mass is 16.2. The van der Waals surface area contributed by atoms with Gasteiger partial charge in [0.15, 0.2) is 11.7 Å². The number of guanidine groups is 1. The van der Waals surface area contributed by atoms with Gasteiger partial charge in [-0.05, 0) is 35.8 Å². The number of ketones is 1. The van der Waals surface area contributed by atoms with Crippen LogP contribution in [0, 0.1) is 5.92 Å². The molecule has 5 rings (SSSR count). The third-order valence-corrected chi connectivity index (χ3v) is 7.41. The van der Waals surface area contributed by atoms with E-state index in [0.717, 1.165) is 27.6 Å². The van der Waals surface area contributed by atoms with E-state index >= 15 is 0 Å². The molecular formula is C31H31N5O2. The van der Waals surface area contributed by atoms with Crippen molar-refractivity contribution in [2.75, 3.05) is 7.05 Å². The second-order valence-electron chi connectivity index (χ2n) is 10.0. The Morgan fingerprint density at radius 3 is 2.45 bits per heavy atom. The molecule has 1 amide bonds. The highest BCUT2D eigenvalue weighted by Gasteiger charge is 2.50. The molecule has 3 atom stereocenters. The first-order valence-electron chi connectivity index (χ1n) is 12.6. The van der Waals surface area contributed by atoms with Gasteiger partial charge in [0.05, 0.1) is 17.0 Å². The summed E-state index contributed by atoms with van der Waals surface area (Å²) >= 11 is 0. The molecule has 1 unspecified atom stereocenters. The first-order chi connectivity index (χ1) is 18.3. The summed E-state index contributed by atoms with van der Waals surface area (Å²) in [7, 11) is 3.51. The van der Waals surface area contributed by atoms with Crippen molar-refractivity contribution in [1.29, 1.82) is 0 Å². The van der Waals surface area contributed by atoms with Crippen molar-refractivity contribution in [1.82, 2.24) is 14.7 Å². The van der Waals surface area contributed by atoms with Crippen LogP contribution in [0.5, 0.6) is 0 Å². The molecule has 1 aliphatic heterocycles. The van der Waals surface area contributed by atoms with Crippen LogP contribution in [0.15, 0.2) is 96.1 Å². The minimum atomic E-state index is -1.01. The van der Waals surface area contributed by atoms with E-state index in [9.17, 15) is 9.59 Å². The van der Waals surface area contributed by atoms with Crippen molar-refractivity contribution in [3.63, 3.8) is 0 Å². The Hall–Kier alpha value is -4.52. The number of amides is 1. The Labute approximate surface area is 222 Å². The predicted molar refractivity (Wildman–Crippen MR) is 150 cm³/mol. The van der Waals surface area contributed by atoms with E-state index < -0.39 is 17.4 Å². The van der Waals surface area contributed by atoms with E-state index in [1.54, 1.807) is 17.8 Å². The summed E-state index contributed by atoms with van der Waals surface area (Å²) in [5.41, 5.74) is 8.74. The van der Waals surface area contributed by atoms with Gasteiger partial charge in [-0.1, -0.05) is 78.9 Å². The monoisotopic (exact) mass is 505 g/mol. The van der Waals surface area contributed by atoms with Gasteiger partial charge >= 0.3 is 0 Å². The number of benzene rings is 3. The van der Waals surface area contributed by atoms with Gasteiger partial charge in [0.1, 0.15) is 0 Å². The van der Waals surface area contributed by atoms with E-state index in [1.165, 1.54) is 4.90 Å². The van der Waals surface area contributed by atoms with Crippen LogP contribution in [-0.2, 0) is 22.2 Å². The van der Waals surface area contributed by atoms with Crippen LogP contribution in [0.1, 0.15) is 36.0 Å². The third-order valence-electron chi connectivity index (χ3n) is 7.41. The number of carbonyl (C=O) groups excluding carboxylic acids is 2. The maximum atomic E-state index is 14.0. The molecule has 1 aliphatic rings. The number of fused-ring (bicyclic) bond motifs is 1. The standard InChI is InChI=1S/C31H31N5O2/c1-31(24-16-15-23-20-35(2)34-27(23)18-24)28(29(38)36(3)30(32)33-31)26(22-12-8-5-9-13-22)19-25(37)17-14-21-10-6-4-7-11-21/h4-18,20,26,28H,19H2,1-3H3,(H2,32,33)/t26?,28-,31+/m0/s1. The lowest BCUT2D eigenvalue weighted by molar-refractivity contribution is -0.135. The van der Waals surface area contributed by atoms with E-state index in [-0.39, 0.29) is 24.1 Å². The lowest BCUT2D eigenvalue weighted by Crippen LogP contribution is -2.55. The van der Waals surface area contributed by atoms with Crippen LogP contribution >= 0.6 is 0 Å². The van der Waals surface area contributed by atoms with Crippen LogP contribution in [0.25, 0.3) is 17.0 Å². The van der Waals surface area contributed by atoms with E-state index in [0.29, 0.717) is 0 Å². The molecule has 0 bridgehead atoms. The van der Waals surface area contributed by atoms with Gasteiger partial charge in [-0.3, -0.25) is 19.2 Å². The summed E-state index contributed by atoms with van der Waals surface area (Å²) in [6, 6.07) is 25.3. The quantitative estimate of drug-likeness (QED) is 0.370. The zero-order valence-electron chi connectivity index (χ0n) is 21.8.